The fourth-order valence-electron chi connectivity index (χ4n) is 2.71. The first-order valence-electron chi connectivity index (χ1n) is 8.26. The molecule has 0 radical (unpaired) electrons. The molecule has 0 unspecified atom stereocenters. The molecule has 0 atom stereocenters. The van der Waals surface area contributed by atoms with Gasteiger partial charge in [0.05, 0.1) is 10.2 Å². The summed E-state index contributed by atoms with van der Waals surface area (Å²) in [5.41, 5.74) is 10.7. The van der Waals surface area contributed by atoms with E-state index < -0.39 is 6.67 Å². The molecule has 0 amide bonds. The Morgan fingerprint density at radius 2 is 1.73 bits per heavy atom. The van der Waals surface area contributed by atoms with Crippen molar-refractivity contribution in [3.05, 3.63) is 60.8 Å². The van der Waals surface area contributed by atoms with Crippen LogP contribution in [0.15, 0.2) is 60.8 Å². The van der Waals surface area contributed by atoms with E-state index in [2.05, 4.69) is 39.6 Å². The fraction of sp³-hybridized carbons (Fsp3) is 0.100. The number of rotatable bonds is 5. The van der Waals surface area contributed by atoms with E-state index in [1.54, 1.807) is 17.5 Å². The summed E-state index contributed by atoms with van der Waals surface area (Å²) in [5.74, 6) is 0.678. The molecule has 130 valence electrons. The van der Waals surface area contributed by atoms with Crippen molar-refractivity contribution < 1.29 is 4.39 Å². The summed E-state index contributed by atoms with van der Waals surface area (Å²) in [6.45, 7) is -0.141. The Morgan fingerprint density at radius 3 is 2.46 bits per heavy atom. The Kier molecular flexibility index (Phi) is 4.50. The molecule has 2 aromatic heterocycles. The quantitative estimate of drug-likeness (QED) is 0.490. The number of pyridine rings is 1. The van der Waals surface area contributed by atoms with Crippen molar-refractivity contribution in [1.82, 2.24) is 9.97 Å². The summed E-state index contributed by atoms with van der Waals surface area (Å²) in [7, 11) is 0. The minimum atomic E-state index is -0.413. The molecule has 4 nitrogen and oxygen atoms in total. The van der Waals surface area contributed by atoms with Crippen LogP contribution in [-0.2, 0) is 0 Å². The zero-order chi connectivity index (χ0) is 17.9. The molecule has 26 heavy (non-hydrogen) atoms. The molecule has 0 aliphatic heterocycles. The van der Waals surface area contributed by atoms with Gasteiger partial charge in [0.15, 0.2) is 0 Å². The van der Waals surface area contributed by atoms with Gasteiger partial charge in [0.2, 0.25) is 0 Å². The SMILES string of the molecule is Nc1ccc2nc(-c3ccc(-c4ccc(NCCF)nc4)cc3)sc2c1. The van der Waals surface area contributed by atoms with Crippen LogP contribution in [0.2, 0.25) is 0 Å². The average molecular weight is 364 g/mol. The van der Waals surface area contributed by atoms with Gasteiger partial charge < -0.3 is 11.1 Å². The molecule has 0 saturated carbocycles. The number of nitrogen functional groups attached to an aromatic ring is 1. The molecule has 0 fully saturated rings. The highest BCUT2D eigenvalue weighted by molar-refractivity contribution is 7.21. The van der Waals surface area contributed by atoms with Gasteiger partial charge in [0.25, 0.3) is 0 Å². The molecule has 6 heteroatoms. The minimum Gasteiger partial charge on any atom is -0.399 e. The van der Waals surface area contributed by atoms with Gasteiger partial charge in [-0.1, -0.05) is 24.3 Å². The van der Waals surface area contributed by atoms with E-state index in [-0.39, 0.29) is 6.54 Å². The third kappa shape index (κ3) is 3.36. The van der Waals surface area contributed by atoms with Crippen LogP contribution < -0.4 is 11.1 Å². The van der Waals surface area contributed by atoms with Crippen LogP contribution in [0.5, 0.6) is 0 Å². The van der Waals surface area contributed by atoms with Gasteiger partial charge in [0, 0.05) is 29.6 Å². The van der Waals surface area contributed by atoms with E-state index >= 15 is 0 Å². The summed E-state index contributed by atoms with van der Waals surface area (Å²) in [5, 5.41) is 3.89. The number of hydrogen-bond donors (Lipinski definition) is 2. The highest BCUT2D eigenvalue weighted by atomic mass is 32.1. The molecule has 4 rings (SSSR count). The predicted molar refractivity (Wildman–Crippen MR) is 107 cm³/mol. The zero-order valence-electron chi connectivity index (χ0n) is 13.9. The second kappa shape index (κ2) is 7.09. The molecule has 2 heterocycles. The third-order valence-electron chi connectivity index (χ3n) is 4.04. The number of benzene rings is 2. The van der Waals surface area contributed by atoms with E-state index in [4.69, 9.17) is 5.73 Å². The Morgan fingerprint density at radius 1 is 0.962 bits per heavy atom. The van der Waals surface area contributed by atoms with Crippen LogP contribution in [0.25, 0.3) is 31.9 Å². The van der Waals surface area contributed by atoms with Crippen molar-refractivity contribution in [1.29, 1.82) is 0 Å². The standard InChI is InChI=1S/C20H17FN4S/c21-9-10-23-19-8-5-15(12-24-19)13-1-3-14(4-2-13)20-25-17-7-6-16(22)11-18(17)26-20/h1-8,11-12H,9-10,22H2,(H,23,24). The van der Waals surface area contributed by atoms with Crippen molar-refractivity contribution in [3.63, 3.8) is 0 Å². The fourth-order valence-corrected chi connectivity index (χ4v) is 3.73. The van der Waals surface area contributed by atoms with Crippen molar-refractivity contribution in [2.75, 3.05) is 24.3 Å². The molecular formula is C20H17FN4S. The first kappa shape index (κ1) is 16.5. The minimum absolute atomic E-state index is 0.273. The van der Waals surface area contributed by atoms with Gasteiger partial charge in [-0.15, -0.1) is 11.3 Å². The molecular weight excluding hydrogens is 347 g/mol. The molecule has 0 bridgehead atoms. The maximum absolute atomic E-state index is 12.2. The van der Waals surface area contributed by atoms with Gasteiger partial charge >= 0.3 is 0 Å². The second-order valence-corrected chi connectivity index (χ2v) is 6.90. The lowest BCUT2D eigenvalue weighted by atomic mass is 10.1. The van der Waals surface area contributed by atoms with Crippen molar-refractivity contribution in [2.45, 2.75) is 0 Å². The topological polar surface area (TPSA) is 63.8 Å². The average Bonchev–Trinajstić information content (AvgIpc) is 3.10. The van der Waals surface area contributed by atoms with E-state index in [1.807, 2.05) is 30.3 Å². The first-order chi connectivity index (χ1) is 12.7. The van der Waals surface area contributed by atoms with Crippen LogP contribution >= 0.6 is 11.3 Å². The number of nitrogens with one attached hydrogen (secondary N) is 1. The zero-order valence-corrected chi connectivity index (χ0v) is 14.8. The second-order valence-electron chi connectivity index (χ2n) is 5.87. The number of halogens is 1. The lowest BCUT2D eigenvalue weighted by Crippen LogP contribution is -2.04. The smallest absolute Gasteiger partial charge is 0.126 e. The normalized spacial score (nSPS) is 11.0. The van der Waals surface area contributed by atoms with Gasteiger partial charge in [-0.25, -0.2) is 14.4 Å². The maximum Gasteiger partial charge on any atom is 0.126 e. The third-order valence-corrected chi connectivity index (χ3v) is 5.11. The molecule has 0 spiro atoms. The largest absolute Gasteiger partial charge is 0.399 e. The highest BCUT2D eigenvalue weighted by Crippen LogP contribution is 2.32. The summed E-state index contributed by atoms with van der Waals surface area (Å²) in [4.78, 5) is 8.99. The number of nitrogens with two attached hydrogens (primary N) is 1. The molecule has 0 aliphatic carbocycles. The van der Waals surface area contributed by atoms with Gasteiger partial charge in [-0.05, 0) is 35.9 Å². The summed E-state index contributed by atoms with van der Waals surface area (Å²) in [6.07, 6.45) is 1.79. The van der Waals surface area contributed by atoms with Crippen molar-refractivity contribution >= 4 is 33.1 Å². The number of aromatic nitrogens is 2. The van der Waals surface area contributed by atoms with Crippen LogP contribution in [-0.4, -0.2) is 23.2 Å². The Bertz CT molecular complexity index is 1030. The molecule has 0 saturated heterocycles. The van der Waals surface area contributed by atoms with Gasteiger partial charge in [-0.2, -0.15) is 0 Å². The number of alkyl halides is 1. The number of nitrogens with zero attached hydrogens (tertiary/aromatic N) is 2. The summed E-state index contributed by atoms with van der Waals surface area (Å²) in [6, 6.07) is 17.8. The maximum atomic E-state index is 12.2. The Balaban J connectivity index is 1.57. The van der Waals surface area contributed by atoms with Crippen LogP contribution in [0.3, 0.4) is 0 Å². The molecule has 4 aromatic rings. The Labute approximate surface area is 154 Å². The molecule has 2 aromatic carbocycles. The lowest BCUT2D eigenvalue weighted by Gasteiger charge is -2.05. The highest BCUT2D eigenvalue weighted by Gasteiger charge is 2.07. The summed E-state index contributed by atoms with van der Waals surface area (Å²) < 4.78 is 13.3. The molecule has 0 aliphatic rings. The monoisotopic (exact) mass is 364 g/mol. The number of anilines is 2. The van der Waals surface area contributed by atoms with E-state index in [0.29, 0.717) is 5.82 Å². The molecule has 3 N–H and O–H groups in total. The van der Waals surface area contributed by atoms with Gasteiger partial charge in [0.1, 0.15) is 17.5 Å². The van der Waals surface area contributed by atoms with Crippen LogP contribution in [0.1, 0.15) is 0 Å². The number of hydrogen-bond acceptors (Lipinski definition) is 5. The lowest BCUT2D eigenvalue weighted by molar-refractivity contribution is 0.512. The van der Waals surface area contributed by atoms with E-state index in [9.17, 15) is 4.39 Å². The van der Waals surface area contributed by atoms with Crippen molar-refractivity contribution in [2.24, 2.45) is 0 Å². The number of fused-ring (bicyclic) bond motifs is 1. The van der Waals surface area contributed by atoms with Crippen molar-refractivity contribution in [3.8, 4) is 21.7 Å². The van der Waals surface area contributed by atoms with Crippen LogP contribution in [0.4, 0.5) is 15.9 Å². The van der Waals surface area contributed by atoms with Gasteiger partial charge in [-0.3, -0.25) is 0 Å². The van der Waals surface area contributed by atoms with E-state index in [1.165, 1.54) is 0 Å². The Hall–Kier alpha value is -2.99. The predicted octanol–water partition coefficient (Wildman–Crippen LogP) is 4.99. The summed E-state index contributed by atoms with van der Waals surface area (Å²) >= 11 is 1.63. The first-order valence-corrected chi connectivity index (χ1v) is 9.07. The van der Waals surface area contributed by atoms with E-state index in [0.717, 1.165) is 37.6 Å². The number of thiazole rings is 1. The van der Waals surface area contributed by atoms with Crippen LogP contribution in [0, 0.1) is 0 Å².